The lowest BCUT2D eigenvalue weighted by atomic mass is 9.99. The van der Waals surface area contributed by atoms with Gasteiger partial charge in [-0.15, -0.1) is 0 Å². The van der Waals surface area contributed by atoms with Crippen LogP contribution in [0.2, 0.25) is 0 Å². The number of hydrogen-bond acceptors (Lipinski definition) is 5. The Morgan fingerprint density at radius 3 is 1.35 bits per heavy atom. The molecule has 0 fully saturated rings. The van der Waals surface area contributed by atoms with Crippen molar-refractivity contribution in [1.29, 1.82) is 0 Å². The van der Waals surface area contributed by atoms with Crippen molar-refractivity contribution in [2.75, 3.05) is 35.5 Å². The smallest absolute Gasteiger partial charge is 0.128 e. The summed E-state index contributed by atoms with van der Waals surface area (Å²) >= 11 is 0. The fourth-order valence-electron chi connectivity index (χ4n) is 2.49. The summed E-state index contributed by atoms with van der Waals surface area (Å²) in [6, 6.07) is 11.3. The Bertz CT molecular complexity index is 598. The zero-order valence-electron chi connectivity index (χ0n) is 14.1. The van der Waals surface area contributed by atoms with E-state index in [2.05, 4.69) is 0 Å². The summed E-state index contributed by atoms with van der Waals surface area (Å²) in [4.78, 5) is 0. The van der Waals surface area contributed by atoms with Gasteiger partial charge < -0.3 is 23.7 Å². The van der Waals surface area contributed by atoms with Crippen molar-refractivity contribution in [2.45, 2.75) is 6.10 Å². The van der Waals surface area contributed by atoms with Crippen LogP contribution in [-0.2, 0) is 4.74 Å². The molecule has 2 aromatic rings. The highest BCUT2D eigenvalue weighted by molar-refractivity contribution is 5.50. The van der Waals surface area contributed by atoms with Crippen LogP contribution in [0.3, 0.4) is 0 Å². The molecular weight excluding hydrogens is 296 g/mol. The largest absolute Gasteiger partial charge is 0.497 e. The lowest BCUT2D eigenvalue weighted by Gasteiger charge is -2.22. The van der Waals surface area contributed by atoms with Gasteiger partial charge in [0.2, 0.25) is 0 Å². The van der Waals surface area contributed by atoms with Crippen molar-refractivity contribution in [2.24, 2.45) is 0 Å². The molecule has 0 heterocycles. The molecule has 0 aliphatic rings. The summed E-state index contributed by atoms with van der Waals surface area (Å²) in [6.45, 7) is 0. The summed E-state index contributed by atoms with van der Waals surface area (Å²) < 4.78 is 27.2. The molecule has 5 nitrogen and oxygen atoms in total. The van der Waals surface area contributed by atoms with Crippen LogP contribution < -0.4 is 18.9 Å². The first-order chi connectivity index (χ1) is 11.2. The lowest BCUT2D eigenvalue weighted by Crippen LogP contribution is -2.08. The van der Waals surface area contributed by atoms with Gasteiger partial charge in [-0.25, -0.2) is 0 Å². The Labute approximate surface area is 136 Å². The first-order valence-corrected chi connectivity index (χ1v) is 7.15. The summed E-state index contributed by atoms with van der Waals surface area (Å²) in [6.07, 6.45) is -0.336. The molecule has 0 saturated carbocycles. The highest BCUT2D eigenvalue weighted by atomic mass is 16.5. The van der Waals surface area contributed by atoms with Gasteiger partial charge in [0.15, 0.2) is 0 Å². The molecule has 5 heteroatoms. The molecule has 0 spiro atoms. The van der Waals surface area contributed by atoms with Gasteiger partial charge in [-0.2, -0.15) is 0 Å². The van der Waals surface area contributed by atoms with Gasteiger partial charge in [-0.1, -0.05) is 0 Å². The molecular formula is C18H22O5. The van der Waals surface area contributed by atoms with Crippen molar-refractivity contribution in [3.8, 4) is 23.0 Å². The fourth-order valence-corrected chi connectivity index (χ4v) is 2.49. The first kappa shape index (κ1) is 17.0. The molecule has 0 aliphatic carbocycles. The second kappa shape index (κ2) is 7.74. The monoisotopic (exact) mass is 318 g/mol. The van der Waals surface area contributed by atoms with Gasteiger partial charge in [0.25, 0.3) is 0 Å². The predicted molar refractivity (Wildman–Crippen MR) is 87.9 cm³/mol. The lowest BCUT2D eigenvalue weighted by molar-refractivity contribution is 0.131. The number of methoxy groups -OCH3 is 5. The van der Waals surface area contributed by atoms with E-state index >= 15 is 0 Å². The van der Waals surface area contributed by atoms with Crippen LogP contribution in [0.25, 0.3) is 0 Å². The van der Waals surface area contributed by atoms with E-state index < -0.39 is 0 Å². The number of hydrogen-bond donors (Lipinski definition) is 0. The molecule has 0 bridgehead atoms. The average Bonchev–Trinajstić information content (AvgIpc) is 2.62. The molecule has 0 aromatic heterocycles. The quantitative estimate of drug-likeness (QED) is 0.782. The van der Waals surface area contributed by atoms with Crippen LogP contribution >= 0.6 is 0 Å². The molecule has 23 heavy (non-hydrogen) atoms. The Balaban J connectivity index is 2.52. The minimum Gasteiger partial charge on any atom is -0.497 e. The van der Waals surface area contributed by atoms with E-state index in [0.717, 1.165) is 22.6 Å². The molecule has 2 rings (SSSR count). The molecule has 0 radical (unpaired) electrons. The third-order valence-electron chi connectivity index (χ3n) is 3.68. The van der Waals surface area contributed by atoms with Crippen LogP contribution in [0.15, 0.2) is 36.4 Å². The Morgan fingerprint density at radius 2 is 1.04 bits per heavy atom. The number of benzene rings is 2. The van der Waals surface area contributed by atoms with E-state index in [1.807, 2.05) is 36.4 Å². The van der Waals surface area contributed by atoms with E-state index in [-0.39, 0.29) is 6.10 Å². The minimum atomic E-state index is -0.336. The average molecular weight is 318 g/mol. The maximum Gasteiger partial charge on any atom is 0.128 e. The second-order valence-electron chi connectivity index (χ2n) is 4.83. The van der Waals surface area contributed by atoms with Gasteiger partial charge in [-0.05, 0) is 24.3 Å². The predicted octanol–water partition coefficient (Wildman–Crippen LogP) is 3.46. The normalized spacial score (nSPS) is 10.5. The third kappa shape index (κ3) is 3.51. The van der Waals surface area contributed by atoms with Crippen LogP contribution in [0.4, 0.5) is 0 Å². The van der Waals surface area contributed by atoms with Gasteiger partial charge in [-0.3, -0.25) is 0 Å². The third-order valence-corrected chi connectivity index (χ3v) is 3.68. The SMILES string of the molecule is COc1ccc(C(OC)c2ccc(OC)cc2OC)c(OC)c1. The van der Waals surface area contributed by atoms with Crippen LogP contribution in [0.5, 0.6) is 23.0 Å². The molecule has 0 aliphatic heterocycles. The van der Waals surface area contributed by atoms with Crippen molar-refractivity contribution in [3.05, 3.63) is 47.5 Å². The van der Waals surface area contributed by atoms with Gasteiger partial charge in [0.1, 0.15) is 29.1 Å². The maximum absolute atomic E-state index is 5.71. The summed E-state index contributed by atoms with van der Waals surface area (Å²) in [5, 5.41) is 0. The molecule has 0 amide bonds. The summed E-state index contributed by atoms with van der Waals surface area (Å²) in [5.41, 5.74) is 1.78. The Morgan fingerprint density at radius 1 is 0.609 bits per heavy atom. The van der Waals surface area contributed by atoms with Crippen molar-refractivity contribution < 1.29 is 23.7 Å². The second-order valence-corrected chi connectivity index (χ2v) is 4.83. The Hall–Kier alpha value is -2.40. The van der Waals surface area contributed by atoms with Crippen molar-refractivity contribution in [3.63, 3.8) is 0 Å². The Kier molecular flexibility index (Phi) is 5.71. The number of rotatable bonds is 7. The molecule has 0 saturated heterocycles. The summed E-state index contributed by atoms with van der Waals surface area (Å²) in [5.74, 6) is 2.83. The highest BCUT2D eigenvalue weighted by Crippen LogP contribution is 2.39. The van der Waals surface area contributed by atoms with Crippen molar-refractivity contribution >= 4 is 0 Å². The molecule has 0 unspecified atom stereocenters. The molecule has 0 atom stereocenters. The highest BCUT2D eigenvalue weighted by Gasteiger charge is 2.22. The minimum absolute atomic E-state index is 0.336. The van der Waals surface area contributed by atoms with E-state index in [1.54, 1.807) is 35.5 Å². The van der Waals surface area contributed by atoms with Crippen LogP contribution in [-0.4, -0.2) is 35.5 Å². The van der Waals surface area contributed by atoms with Gasteiger partial charge in [0, 0.05) is 30.4 Å². The standard InChI is InChI=1S/C18H22O5/c1-19-12-6-8-14(16(10-12)21-3)18(23-5)15-9-7-13(20-2)11-17(15)22-4/h6-11,18H,1-5H3. The fraction of sp³-hybridized carbons (Fsp3) is 0.333. The number of ether oxygens (including phenoxy) is 5. The van der Waals surface area contributed by atoms with Crippen LogP contribution in [0, 0.1) is 0 Å². The molecule has 124 valence electrons. The first-order valence-electron chi connectivity index (χ1n) is 7.15. The van der Waals surface area contributed by atoms with E-state index in [0.29, 0.717) is 11.5 Å². The summed E-state index contributed by atoms with van der Waals surface area (Å²) in [7, 11) is 8.13. The maximum atomic E-state index is 5.71. The zero-order valence-corrected chi connectivity index (χ0v) is 14.1. The van der Waals surface area contributed by atoms with E-state index in [9.17, 15) is 0 Å². The van der Waals surface area contributed by atoms with Gasteiger partial charge in [0.05, 0.1) is 28.4 Å². The zero-order chi connectivity index (χ0) is 16.8. The van der Waals surface area contributed by atoms with E-state index in [1.165, 1.54) is 0 Å². The molecule has 2 aromatic carbocycles. The topological polar surface area (TPSA) is 46.2 Å². The molecule has 0 N–H and O–H groups in total. The van der Waals surface area contributed by atoms with Crippen LogP contribution in [0.1, 0.15) is 17.2 Å². The van der Waals surface area contributed by atoms with Gasteiger partial charge >= 0.3 is 0 Å². The van der Waals surface area contributed by atoms with E-state index in [4.69, 9.17) is 23.7 Å². The van der Waals surface area contributed by atoms with Crippen molar-refractivity contribution in [1.82, 2.24) is 0 Å².